The number of rotatable bonds is 4. The highest BCUT2D eigenvalue weighted by molar-refractivity contribution is 4.97. The third kappa shape index (κ3) is 3.72. The molecular weight excluding hydrogens is 232 g/mol. The van der Waals surface area contributed by atoms with Crippen molar-refractivity contribution in [1.29, 1.82) is 0 Å². The van der Waals surface area contributed by atoms with E-state index in [2.05, 4.69) is 44.8 Å². The summed E-state index contributed by atoms with van der Waals surface area (Å²) in [6, 6.07) is 1.48. The molecule has 0 amide bonds. The molecular formula is C17H34N2. The molecule has 2 nitrogen and oxygen atoms in total. The van der Waals surface area contributed by atoms with E-state index < -0.39 is 0 Å². The van der Waals surface area contributed by atoms with Gasteiger partial charge in [0.15, 0.2) is 0 Å². The Kier molecular flexibility index (Phi) is 4.94. The fourth-order valence-electron chi connectivity index (χ4n) is 4.40. The van der Waals surface area contributed by atoms with Gasteiger partial charge in [-0.2, -0.15) is 0 Å². The average Bonchev–Trinajstić information content (AvgIpc) is 2.65. The van der Waals surface area contributed by atoms with E-state index in [1.165, 1.54) is 45.3 Å². The molecule has 112 valence electrons. The predicted molar refractivity (Wildman–Crippen MR) is 83.4 cm³/mol. The molecule has 1 N–H and O–H groups in total. The summed E-state index contributed by atoms with van der Waals surface area (Å²) < 4.78 is 0. The monoisotopic (exact) mass is 266 g/mol. The molecule has 4 unspecified atom stereocenters. The summed E-state index contributed by atoms with van der Waals surface area (Å²) in [6.07, 6.45) is 5.39. The topological polar surface area (TPSA) is 15.3 Å². The average molecular weight is 266 g/mol. The van der Waals surface area contributed by atoms with Crippen LogP contribution in [0.4, 0.5) is 0 Å². The normalized spacial score (nSPS) is 39.6. The van der Waals surface area contributed by atoms with Crippen LogP contribution in [-0.2, 0) is 0 Å². The minimum atomic E-state index is 0.526. The zero-order valence-corrected chi connectivity index (χ0v) is 13.7. The van der Waals surface area contributed by atoms with Crippen LogP contribution < -0.4 is 5.32 Å². The van der Waals surface area contributed by atoms with E-state index in [1.807, 2.05) is 0 Å². The molecule has 2 fully saturated rings. The summed E-state index contributed by atoms with van der Waals surface area (Å²) in [5, 5.41) is 3.84. The quantitative estimate of drug-likeness (QED) is 0.837. The van der Waals surface area contributed by atoms with Crippen LogP contribution in [0.5, 0.6) is 0 Å². The lowest BCUT2D eigenvalue weighted by atomic mass is 9.75. The molecule has 1 heterocycles. The molecule has 1 saturated carbocycles. The van der Waals surface area contributed by atoms with Crippen LogP contribution in [0.1, 0.15) is 60.3 Å². The lowest BCUT2D eigenvalue weighted by Crippen LogP contribution is -2.56. The molecule has 0 aromatic heterocycles. The Morgan fingerprint density at radius 2 is 1.95 bits per heavy atom. The molecule has 2 aliphatic rings. The van der Waals surface area contributed by atoms with Crippen LogP contribution in [0.15, 0.2) is 0 Å². The zero-order chi connectivity index (χ0) is 14.0. The van der Waals surface area contributed by atoms with Crippen LogP contribution in [0, 0.1) is 17.3 Å². The zero-order valence-electron chi connectivity index (χ0n) is 13.7. The first-order valence-corrected chi connectivity index (χ1v) is 8.40. The first-order valence-electron chi connectivity index (χ1n) is 8.40. The predicted octanol–water partition coefficient (Wildman–Crippen LogP) is 3.52. The van der Waals surface area contributed by atoms with E-state index in [0.29, 0.717) is 11.5 Å². The highest BCUT2D eigenvalue weighted by Crippen LogP contribution is 2.38. The fourth-order valence-corrected chi connectivity index (χ4v) is 4.40. The molecule has 19 heavy (non-hydrogen) atoms. The summed E-state index contributed by atoms with van der Waals surface area (Å²) in [5.74, 6) is 1.73. The molecule has 0 bridgehead atoms. The number of hydrogen-bond donors (Lipinski definition) is 1. The van der Waals surface area contributed by atoms with Crippen LogP contribution in [0.3, 0.4) is 0 Å². The van der Waals surface area contributed by atoms with Gasteiger partial charge in [0.05, 0.1) is 0 Å². The third-order valence-electron chi connectivity index (χ3n) is 5.21. The molecule has 0 aromatic carbocycles. The van der Waals surface area contributed by atoms with E-state index in [4.69, 9.17) is 0 Å². The van der Waals surface area contributed by atoms with Gasteiger partial charge in [-0.1, -0.05) is 34.6 Å². The molecule has 1 saturated heterocycles. The minimum absolute atomic E-state index is 0.526. The molecule has 1 aliphatic heterocycles. The van der Waals surface area contributed by atoms with E-state index in [0.717, 1.165) is 17.9 Å². The number of nitrogens with one attached hydrogen (secondary N) is 1. The van der Waals surface area contributed by atoms with Gasteiger partial charge in [0.1, 0.15) is 0 Å². The van der Waals surface area contributed by atoms with E-state index >= 15 is 0 Å². The van der Waals surface area contributed by atoms with Crippen LogP contribution in [0.25, 0.3) is 0 Å². The fraction of sp³-hybridized carbons (Fsp3) is 1.00. The molecule has 0 radical (unpaired) electrons. The van der Waals surface area contributed by atoms with Crippen molar-refractivity contribution in [3.8, 4) is 0 Å². The van der Waals surface area contributed by atoms with Crippen LogP contribution in [0.2, 0.25) is 0 Å². The number of hydrogen-bond acceptors (Lipinski definition) is 2. The highest BCUT2D eigenvalue weighted by Gasteiger charge is 2.41. The van der Waals surface area contributed by atoms with E-state index in [-0.39, 0.29) is 0 Å². The Morgan fingerprint density at radius 1 is 1.21 bits per heavy atom. The molecule has 0 aromatic rings. The Morgan fingerprint density at radius 3 is 2.53 bits per heavy atom. The van der Waals surface area contributed by atoms with Gasteiger partial charge < -0.3 is 5.32 Å². The van der Waals surface area contributed by atoms with Crippen molar-refractivity contribution in [3.63, 3.8) is 0 Å². The number of nitrogens with zero attached hydrogens (tertiary/aromatic N) is 1. The van der Waals surface area contributed by atoms with Crippen molar-refractivity contribution < 1.29 is 0 Å². The SMILES string of the molecule is CCCNC1CC(C)CC(C)C1N1CCC(C)(C)C1. The molecule has 4 atom stereocenters. The van der Waals surface area contributed by atoms with Gasteiger partial charge in [0.25, 0.3) is 0 Å². The molecule has 2 heteroatoms. The molecule has 1 aliphatic carbocycles. The molecule has 2 rings (SSSR count). The van der Waals surface area contributed by atoms with Crippen molar-refractivity contribution in [2.45, 2.75) is 72.4 Å². The summed E-state index contributed by atoms with van der Waals surface area (Å²) in [7, 11) is 0. The summed E-state index contributed by atoms with van der Waals surface area (Å²) >= 11 is 0. The summed E-state index contributed by atoms with van der Waals surface area (Å²) in [4.78, 5) is 2.80. The Bertz CT molecular complexity index is 287. The van der Waals surface area contributed by atoms with Crippen molar-refractivity contribution in [2.24, 2.45) is 17.3 Å². The van der Waals surface area contributed by atoms with E-state index in [9.17, 15) is 0 Å². The largest absolute Gasteiger partial charge is 0.312 e. The van der Waals surface area contributed by atoms with Gasteiger partial charge in [-0.05, 0) is 56.0 Å². The maximum absolute atomic E-state index is 3.84. The summed E-state index contributed by atoms with van der Waals surface area (Å²) in [6.45, 7) is 15.8. The van der Waals surface area contributed by atoms with Crippen molar-refractivity contribution >= 4 is 0 Å². The van der Waals surface area contributed by atoms with Gasteiger partial charge in [-0.25, -0.2) is 0 Å². The second kappa shape index (κ2) is 6.13. The van der Waals surface area contributed by atoms with Crippen molar-refractivity contribution in [3.05, 3.63) is 0 Å². The third-order valence-corrected chi connectivity index (χ3v) is 5.21. The highest BCUT2D eigenvalue weighted by atomic mass is 15.2. The Balaban J connectivity index is 2.05. The second-order valence-electron chi connectivity index (χ2n) is 7.99. The Hall–Kier alpha value is -0.0800. The van der Waals surface area contributed by atoms with Gasteiger partial charge in [-0.15, -0.1) is 0 Å². The minimum Gasteiger partial charge on any atom is -0.312 e. The van der Waals surface area contributed by atoms with Gasteiger partial charge in [0.2, 0.25) is 0 Å². The smallest absolute Gasteiger partial charge is 0.0275 e. The van der Waals surface area contributed by atoms with Crippen molar-refractivity contribution in [2.75, 3.05) is 19.6 Å². The van der Waals surface area contributed by atoms with Crippen LogP contribution >= 0.6 is 0 Å². The first kappa shape index (κ1) is 15.3. The lowest BCUT2D eigenvalue weighted by molar-refractivity contribution is 0.0721. The van der Waals surface area contributed by atoms with Gasteiger partial charge in [0, 0.05) is 18.6 Å². The maximum atomic E-state index is 3.84. The number of likely N-dealkylation sites (tertiary alicyclic amines) is 1. The lowest BCUT2D eigenvalue weighted by Gasteiger charge is -2.45. The van der Waals surface area contributed by atoms with Gasteiger partial charge >= 0.3 is 0 Å². The van der Waals surface area contributed by atoms with Crippen LogP contribution in [-0.4, -0.2) is 36.6 Å². The summed E-state index contributed by atoms with van der Waals surface area (Å²) in [5.41, 5.74) is 0.526. The van der Waals surface area contributed by atoms with Crippen molar-refractivity contribution in [1.82, 2.24) is 10.2 Å². The molecule has 0 spiro atoms. The Labute approximate surface area is 120 Å². The van der Waals surface area contributed by atoms with Gasteiger partial charge in [-0.3, -0.25) is 4.90 Å². The first-order chi connectivity index (χ1) is 8.93. The maximum Gasteiger partial charge on any atom is 0.0275 e. The standard InChI is InChI=1S/C17H34N2/c1-6-8-18-15-11-13(2)10-14(3)16(15)19-9-7-17(4,5)12-19/h13-16,18H,6-12H2,1-5H3. The van der Waals surface area contributed by atoms with E-state index in [1.54, 1.807) is 0 Å². The second-order valence-corrected chi connectivity index (χ2v) is 7.99.